The van der Waals surface area contributed by atoms with Crippen LogP contribution >= 0.6 is 27.3 Å². The van der Waals surface area contributed by atoms with Crippen LogP contribution in [0.3, 0.4) is 0 Å². The molecule has 0 amide bonds. The monoisotopic (exact) mass is 435 g/mol. The number of aromatic nitrogens is 2. The van der Waals surface area contributed by atoms with Gasteiger partial charge in [0.1, 0.15) is 11.4 Å². The fraction of sp³-hybridized carbons (Fsp3) is 0.235. The lowest BCUT2D eigenvalue weighted by Crippen LogP contribution is -2.26. The molecule has 0 radical (unpaired) electrons. The van der Waals surface area contributed by atoms with Gasteiger partial charge in [0.25, 0.3) is 0 Å². The van der Waals surface area contributed by atoms with Crippen molar-refractivity contribution in [2.24, 2.45) is 5.10 Å². The summed E-state index contributed by atoms with van der Waals surface area (Å²) in [5, 5.41) is 7.40. The van der Waals surface area contributed by atoms with Crippen LogP contribution in [-0.4, -0.2) is 27.5 Å². The highest BCUT2D eigenvalue weighted by Crippen LogP contribution is 2.29. The number of nitrogens with one attached hydrogen (secondary N) is 1. The van der Waals surface area contributed by atoms with E-state index in [9.17, 15) is 4.79 Å². The van der Waals surface area contributed by atoms with E-state index in [0.717, 1.165) is 20.9 Å². The third kappa shape index (κ3) is 4.05. The molecule has 0 bridgehead atoms. The van der Waals surface area contributed by atoms with E-state index in [-0.39, 0.29) is 0 Å². The first-order valence-corrected chi connectivity index (χ1v) is 9.45. The van der Waals surface area contributed by atoms with Crippen molar-refractivity contribution in [3.63, 3.8) is 0 Å². The maximum atomic E-state index is 12.5. The highest BCUT2D eigenvalue weighted by molar-refractivity contribution is 9.10. The molecule has 136 valence electrons. The number of anilines is 2. The van der Waals surface area contributed by atoms with Crippen LogP contribution in [0.15, 0.2) is 39.4 Å². The minimum absolute atomic E-state index is 0.432. The van der Waals surface area contributed by atoms with E-state index in [0.29, 0.717) is 10.9 Å². The zero-order valence-corrected chi connectivity index (χ0v) is 16.9. The Bertz CT molecular complexity index is 987. The molecule has 2 aromatic heterocycles. The van der Waals surface area contributed by atoms with E-state index in [1.807, 2.05) is 39.0 Å². The Morgan fingerprint density at radius 1 is 1.46 bits per heavy atom. The molecule has 3 rings (SSSR count). The van der Waals surface area contributed by atoms with Gasteiger partial charge in [-0.3, -0.25) is 9.99 Å². The molecule has 7 nitrogen and oxygen atoms in total. The Hall–Kier alpha value is -2.39. The lowest BCUT2D eigenvalue weighted by Gasteiger charge is -2.19. The van der Waals surface area contributed by atoms with E-state index in [1.165, 1.54) is 15.9 Å². The number of halogens is 1. The number of thiazole rings is 1. The Labute approximate surface area is 163 Å². The van der Waals surface area contributed by atoms with E-state index in [4.69, 9.17) is 10.5 Å². The minimum Gasteiger partial charge on any atom is -0.443 e. The number of carbonyl (C=O) groups is 1. The topological polar surface area (TPSA) is 94.5 Å². The molecule has 1 aromatic carbocycles. The number of rotatable bonds is 3. The molecule has 3 aromatic rings. The van der Waals surface area contributed by atoms with Crippen LogP contribution in [0.1, 0.15) is 26.3 Å². The van der Waals surface area contributed by atoms with Gasteiger partial charge in [0, 0.05) is 27.0 Å². The summed E-state index contributed by atoms with van der Waals surface area (Å²) in [6.07, 6.45) is 2.94. The largest absolute Gasteiger partial charge is 0.443 e. The number of benzene rings is 1. The van der Waals surface area contributed by atoms with Crippen LogP contribution in [0.4, 0.5) is 15.7 Å². The fourth-order valence-corrected chi connectivity index (χ4v) is 3.52. The van der Waals surface area contributed by atoms with Gasteiger partial charge >= 0.3 is 6.09 Å². The molecule has 0 aliphatic carbocycles. The standard InChI is InChI=1S/C17H18BrN5O2S/c1-17(2,3)25-16(24)23-8-11(18)14-10(5-4-6-12(14)23)7-20-22-15-21-13(19)9-26-15/h4-9H,19H2,1-3H3,(H,21,22). The number of nitrogen functional groups attached to an aromatic ring is 1. The average Bonchev–Trinajstić information content (AvgIpc) is 3.10. The maximum absolute atomic E-state index is 12.5. The van der Waals surface area contributed by atoms with Gasteiger partial charge in [-0.1, -0.05) is 12.1 Å². The maximum Gasteiger partial charge on any atom is 0.419 e. The molecule has 9 heteroatoms. The number of hydrazone groups is 1. The molecule has 0 unspecified atom stereocenters. The summed E-state index contributed by atoms with van der Waals surface area (Å²) in [5.41, 5.74) is 9.43. The SMILES string of the molecule is CC(C)(C)OC(=O)n1cc(Br)c2c(C=NNc3nc(N)cs3)cccc21. The van der Waals surface area contributed by atoms with Crippen molar-refractivity contribution in [2.45, 2.75) is 26.4 Å². The first-order valence-electron chi connectivity index (χ1n) is 7.77. The Morgan fingerprint density at radius 2 is 2.23 bits per heavy atom. The summed E-state index contributed by atoms with van der Waals surface area (Å²) >= 11 is 4.89. The lowest BCUT2D eigenvalue weighted by molar-refractivity contribution is 0.0544. The molecule has 26 heavy (non-hydrogen) atoms. The molecule has 0 saturated carbocycles. The van der Waals surface area contributed by atoms with E-state index in [1.54, 1.807) is 17.8 Å². The first-order chi connectivity index (χ1) is 12.2. The number of hydrogen-bond donors (Lipinski definition) is 2. The molecule has 0 aliphatic heterocycles. The van der Waals surface area contributed by atoms with Crippen LogP contribution in [0.5, 0.6) is 0 Å². The predicted molar refractivity (Wildman–Crippen MR) is 109 cm³/mol. The summed E-state index contributed by atoms with van der Waals surface area (Å²) in [6, 6.07) is 5.63. The summed E-state index contributed by atoms with van der Waals surface area (Å²) in [4.78, 5) is 16.5. The Kier molecular flexibility index (Phi) is 5.01. The molecule has 0 spiro atoms. The van der Waals surface area contributed by atoms with Gasteiger partial charge in [-0.15, -0.1) is 11.3 Å². The number of nitrogens with two attached hydrogens (primary N) is 1. The summed E-state index contributed by atoms with van der Waals surface area (Å²) in [6.45, 7) is 5.50. The highest BCUT2D eigenvalue weighted by Gasteiger charge is 2.21. The zero-order chi connectivity index (χ0) is 18.9. The molecule has 0 fully saturated rings. The second-order valence-electron chi connectivity index (χ2n) is 6.52. The Balaban J connectivity index is 1.91. The smallest absolute Gasteiger partial charge is 0.419 e. The summed E-state index contributed by atoms with van der Waals surface area (Å²) < 4.78 is 7.72. The average molecular weight is 436 g/mol. The van der Waals surface area contributed by atoms with Crippen LogP contribution in [-0.2, 0) is 4.74 Å². The number of carbonyl (C=O) groups excluding carboxylic acids is 1. The van der Waals surface area contributed by atoms with Crippen LogP contribution in [0.2, 0.25) is 0 Å². The predicted octanol–water partition coefficient (Wildman–Crippen LogP) is 4.67. The van der Waals surface area contributed by atoms with Crippen molar-refractivity contribution in [1.82, 2.24) is 9.55 Å². The zero-order valence-electron chi connectivity index (χ0n) is 14.5. The van der Waals surface area contributed by atoms with Gasteiger partial charge in [-0.2, -0.15) is 5.10 Å². The van der Waals surface area contributed by atoms with Crippen LogP contribution < -0.4 is 11.2 Å². The Morgan fingerprint density at radius 3 is 2.88 bits per heavy atom. The van der Waals surface area contributed by atoms with Crippen molar-refractivity contribution < 1.29 is 9.53 Å². The number of fused-ring (bicyclic) bond motifs is 1. The van der Waals surface area contributed by atoms with Crippen molar-refractivity contribution in [3.05, 3.63) is 39.8 Å². The van der Waals surface area contributed by atoms with E-state index < -0.39 is 11.7 Å². The summed E-state index contributed by atoms with van der Waals surface area (Å²) in [7, 11) is 0. The van der Waals surface area contributed by atoms with Gasteiger partial charge in [-0.25, -0.2) is 9.78 Å². The minimum atomic E-state index is -0.571. The number of ether oxygens (including phenoxy) is 1. The molecule has 2 heterocycles. The molecule has 0 atom stereocenters. The van der Waals surface area contributed by atoms with Gasteiger partial charge in [0.2, 0.25) is 5.13 Å². The van der Waals surface area contributed by atoms with E-state index >= 15 is 0 Å². The fourth-order valence-electron chi connectivity index (χ4n) is 2.33. The van der Waals surface area contributed by atoms with Crippen LogP contribution in [0.25, 0.3) is 10.9 Å². The third-order valence-corrected chi connectivity index (χ3v) is 4.66. The van der Waals surface area contributed by atoms with Gasteiger partial charge in [0.05, 0.1) is 11.7 Å². The second-order valence-corrected chi connectivity index (χ2v) is 8.23. The first kappa shape index (κ1) is 18.4. The third-order valence-electron chi connectivity index (χ3n) is 3.29. The normalized spacial score (nSPS) is 12.0. The molecule has 0 aliphatic rings. The molecule has 3 N–H and O–H groups in total. The van der Waals surface area contributed by atoms with E-state index in [2.05, 4.69) is 31.4 Å². The van der Waals surface area contributed by atoms with Crippen LogP contribution in [0, 0.1) is 0 Å². The number of hydrogen-bond acceptors (Lipinski definition) is 7. The van der Waals surface area contributed by atoms with Crippen molar-refractivity contribution in [3.8, 4) is 0 Å². The lowest BCUT2D eigenvalue weighted by atomic mass is 10.1. The van der Waals surface area contributed by atoms with Crippen molar-refractivity contribution >= 4 is 61.4 Å². The summed E-state index contributed by atoms with van der Waals surface area (Å²) in [5.74, 6) is 0.451. The van der Waals surface area contributed by atoms with Gasteiger partial charge < -0.3 is 10.5 Å². The van der Waals surface area contributed by atoms with Gasteiger partial charge in [-0.05, 0) is 42.8 Å². The van der Waals surface area contributed by atoms with Crippen molar-refractivity contribution in [2.75, 3.05) is 11.2 Å². The van der Waals surface area contributed by atoms with Crippen molar-refractivity contribution in [1.29, 1.82) is 0 Å². The molecule has 0 saturated heterocycles. The quantitative estimate of drug-likeness (QED) is 0.460. The molecular weight excluding hydrogens is 418 g/mol. The second kappa shape index (κ2) is 7.08. The highest BCUT2D eigenvalue weighted by atomic mass is 79.9. The number of nitrogens with zero attached hydrogens (tertiary/aromatic N) is 3. The molecular formula is C17H18BrN5O2S. The van der Waals surface area contributed by atoms with Gasteiger partial charge in [0.15, 0.2) is 0 Å².